The van der Waals surface area contributed by atoms with E-state index in [0.717, 1.165) is 18.3 Å². The summed E-state index contributed by atoms with van der Waals surface area (Å²) < 4.78 is 69.4. The van der Waals surface area contributed by atoms with Crippen LogP contribution in [0.3, 0.4) is 0 Å². The van der Waals surface area contributed by atoms with Crippen LogP contribution in [0.15, 0.2) is 29.6 Å². The van der Waals surface area contributed by atoms with Gasteiger partial charge in [-0.1, -0.05) is 0 Å². The highest BCUT2D eigenvalue weighted by molar-refractivity contribution is 6.53. The molecule has 1 aromatic heterocycles. The monoisotopic (exact) mass is 387 g/mol. The van der Waals surface area contributed by atoms with Crippen LogP contribution in [0.1, 0.15) is 46.1 Å². The van der Waals surface area contributed by atoms with Gasteiger partial charge in [-0.3, -0.25) is 0 Å². The van der Waals surface area contributed by atoms with Crippen molar-refractivity contribution in [1.29, 1.82) is 0 Å². The molecule has 0 N–H and O–H groups in total. The minimum atomic E-state index is -4.45. The smallest absolute Gasteiger partial charge is 0.477 e. The molecular formula is C18H22BF4NO3. The highest BCUT2D eigenvalue weighted by atomic mass is 19.4. The zero-order valence-electron chi connectivity index (χ0n) is 15.7. The van der Waals surface area contributed by atoms with Crippen LogP contribution in [-0.2, 0) is 15.5 Å². The highest BCUT2D eigenvalue weighted by Crippen LogP contribution is 2.43. The van der Waals surface area contributed by atoms with E-state index < -0.39 is 35.8 Å². The van der Waals surface area contributed by atoms with Crippen LogP contribution in [0.2, 0.25) is 0 Å². The topological polar surface area (TPSA) is 40.6 Å². The average molecular weight is 387 g/mol. The van der Waals surface area contributed by atoms with Gasteiger partial charge in [0.2, 0.25) is 5.88 Å². The maximum Gasteiger partial charge on any atom is 0.525 e. The van der Waals surface area contributed by atoms with Gasteiger partial charge in [0.05, 0.1) is 23.4 Å². The first kappa shape index (κ1) is 20.1. The van der Waals surface area contributed by atoms with E-state index in [0.29, 0.717) is 18.4 Å². The molecule has 1 saturated heterocycles. The van der Waals surface area contributed by atoms with E-state index in [2.05, 4.69) is 4.98 Å². The Morgan fingerprint density at radius 2 is 1.81 bits per heavy atom. The lowest BCUT2D eigenvalue weighted by molar-refractivity contribution is -0.137. The first-order chi connectivity index (χ1) is 12.4. The number of allylic oxidation sites excluding steroid dienone is 1. The molecule has 0 aromatic carbocycles. The van der Waals surface area contributed by atoms with Crippen LogP contribution in [0, 0.1) is 5.92 Å². The summed E-state index contributed by atoms with van der Waals surface area (Å²) in [5, 5.41) is 0. The summed E-state index contributed by atoms with van der Waals surface area (Å²) in [6, 6.07) is 1.75. The van der Waals surface area contributed by atoms with Gasteiger partial charge in [-0.25, -0.2) is 9.37 Å². The molecule has 1 saturated carbocycles. The van der Waals surface area contributed by atoms with Crippen LogP contribution >= 0.6 is 0 Å². The minimum Gasteiger partial charge on any atom is -0.477 e. The number of alkyl halides is 3. The third-order valence-corrected chi connectivity index (χ3v) is 5.40. The summed E-state index contributed by atoms with van der Waals surface area (Å²) in [5.74, 6) is -0.0711. The van der Waals surface area contributed by atoms with Gasteiger partial charge in [-0.2, -0.15) is 13.2 Å². The lowest BCUT2D eigenvalue weighted by atomic mass is 9.73. The molecule has 27 heavy (non-hydrogen) atoms. The van der Waals surface area contributed by atoms with Gasteiger partial charge in [-0.15, -0.1) is 0 Å². The summed E-state index contributed by atoms with van der Waals surface area (Å²) in [4.78, 5) is 3.78. The van der Waals surface area contributed by atoms with Crippen LogP contribution in [0.5, 0.6) is 5.88 Å². The number of hydrogen-bond donors (Lipinski definition) is 0. The summed E-state index contributed by atoms with van der Waals surface area (Å²) in [6.07, 6.45) is -2.48. The molecule has 2 fully saturated rings. The Morgan fingerprint density at radius 3 is 2.37 bits per heavy atom. The van der Waals surface area contributed by atoms with E-state index in [-0.39, 0.29) is 18.4 Å². The summed E-state index contributed by atoms with van der Waals surface area (Å²) in [6.45, 7) is 7.58. The van der Waals surface area contributed by atoms with Crippen molar-refractivity contribution in [1.82, 2.24) is 4.98 Å². The first-order valence-corrected chi connectivity index (χ1v) is 8.78. The molecule has 0 atom stereocenters. The Hall–Kier alpha value is -1.61. The van der Waals surface area contributed by atoms with Crippen LogP contribution in [0.25, 0.3) is 0 Å². The fourth-order valence-electron chi connectivity index (χ4n) is 2.93. The molecule has 1 aliphatic heterocycles. The quantitative estimate of drug-likeness (QED) is 0.553. The Morgan fingerprint density at radius 1 is 1.22 bits per heavy atom. The Labute approximate surface area is 156 Å². The van der Waals surface area contributed by atoms with Crippen molar-refractivity contribution in [3.63, 3.8) is 0 Å². The van der Waals surface area contributed by atoms with Crippen molar-refractivity contribution in [3.05, 3.63) is 35.2 Å². The van der Waals surface area contributed by atoms with E-state index >= 15 is 0 Å². The maximum absolute atomic E-state index is 14.6. The number of aromatic nitrogens is 1. The zero-order valence-corrected chi connectivity index (χ0v) is 15.7. The Balaban J connectivity index is 1.54. The van der Waals surface area contributed by atoms with Crippen molar-refractivity contribution < 1.29 is 31.6 Å². The highest BCUT2D eigenvalue weighted by Gasteiger charge is 2.54. The molecule has 9 heteroatoms. The number of pyridine rings is 1. The first-order valence-electron chi connectivity index (χ1n) is 8.78. The fraction of sp³-hybridized carbons (Fsp3) is 0.611. The van der Waals surface area contributed by atoms with Gasteiger partial charge in [0, 0.05) is 18.2 Å². The number of halogens is 4. The SMILES string of the molecule is CC1(C)OB(C(F)=C2CC(COc3cc(C(F)(F)F)ccn3)C2)OC1(C)C. The normalized spacial score (nSPS) is 23.9. The van der Waals surface area contributed by atoms with Crippen molar-refractivity contribution >= 4 is 7.12 Å². The second kappa shape index (κ2) is 6.77. The molecule has 2 heterocycles. The van der Waals surface area contributed by atoms with Crippen LogP contribution in [-0.4, -0.2) is 29.9 Å². The lowest BCUT2D eigenvalue weighted by Gasteiger charge is -2.32. The predicted molar refractivity (Wildman–Crippen MR) is 91.7 cm³/mol. The lowest BCUT2D eigenvalue weighted by Crippen LogP contribution is -2.41. The van der Waals surface area contributed by atoms with E-state index in [4.69, 9.17) is 14.0 Å². The number of hydrogen-bond acceptors (Lipinski definition) is 4. The van der Waals surface area contributed by atoms with Crippen molar-refractivity contribution in [2.24, 2.45) is 5.92 Å². The molecule has 1 aromatic rings. The van der Waals surface area contributed by atoms with Crippen molar-refractivity contribution in [3.8, 4) is 5.88 Å². The fourth-order valence-corrected chi connectivity index (χ4v) is 2.93. The second-order valence-corrected chi connectivity index (χ2v) is 8.01. The van der Waals surface area contributed by atoms with Gasteiger partial charge in [0.25, 0.3) is 0 Å². The molecular weight excluding hydrogens is 365 g/mol. The second-order valence-electron chi connectivity index (χ2n) is 8.01. The third-order valence-electron chi connectivity index (χ3n) is 5.40. The van der Waals surface area contributed by atoms with Crippen LogP contribution in [0.4, 0.5) is 17.6 Å². The molecule has 0 amide bonds. The number of rotatable bonds is 4. The van der Waals surface area contributed by atoms with Gasteiger partial charge in [-0.05, 0) is 52.2 Å². The summed E-state index contributed by atoms with van der Waals surface area (Å²) in [7, 11) is -1.02. The number of nitrogens with zero attached hydrogens (tertiary/aromatic N) is 1. The van der Waals surface area contributed by atoms with Crippen molar-refractivity contribution in [2.45, 2.75) is 57.9 Å². The van der Waals surface area contributed by atoms with E-state index in [1.54, 1.807) is 0 Å². The summed E-state index contributed by atoms with van der Waals surface area (Å²) >= 11 is 0. The zero-order chi connectivity index (χ0) is 20.0. The summed E-state index contributed by atoms with van der Waals surface area (Å²) in [5.41, 5.74) is -1.86. The Bertz CT molecular complexity index is 724. The van der Waals surface area contributed by atoms with Crippen molar-refractivity contribution in [2.75, 3.05) is 6.61 Å². The maximum atomic E-state index is 14.6. The van der Waals surface area contributed by atoms with Gasteiger partial charge in [0.1, 0.15) is 5.73 Å². The predicted octanol–water partition coefficient (Wildman–Crippen LogP) is 4.74. The molecule has 0 radical (unpaired) electrons. The minimum absolute atomic E-state index is 0.0181. The molecule has 0 unspecified atom stereocenters. The molecule has 0 bridgehead atoms. The standard InChI is InChI=1S/C18H22BF4NO3/c1-16(2)17(3,4)27-19(26-16)15(20)12-7-11(8-12)10-25-14-9-13(5-6-24-14)18(21,22)23/h5-6,9,11H,7-8,10H2,1-4H3. The Kier molecular flexibility index (Phi) is 5.05. The van der Waals surface area contributed by atoms with E-state index in [1.165, 1.54) is 0 Å². The number of ether oxygens (including phenoxy) is 1. The van der Waals surface area contributed by atoms with Gasteiger partial charge in [0.15, 0.2) is 0 Å². The van der Waals surface area contributed by atoms with Gasteiger partial charge < -0.3 is 14.0 Å². The molecule has 4 nitrogen and oxygen atoms in total. The molecule has 1 aliphatic carbocycles. The van der Waals surface area contributed by atoms with Gasteiger partial charge >= 0.3 is 13.3 Å². The largest absolute Gasteiger partial charge is 0.525 e. The molecule has 3 rings (SSSR count). The molecule has 0 spiro atoms. The third kappa shape index (κ3) is 4.14. The molecule has 2 aliphatic rings. The van der Waals surface area contributed by atoms with E-state index in [1.807, 2.05) is 27.7 Å². The average Bonchev–Trinajstić information content (AvgIpc) is 2.73. The molecule has 148 valence electrons. The van der Waals surface area contributed by atoms with Crippen LogP contribution < -0.4 is 4.74 Å². The van der Waals surface area contributed by atoms with E-state index in [9.17, 15) is 17.6 Å².